The van der Waals surface area contributed by atoms with E-state index in [1.165, 1.54) is 11.8 Å². The first-order valence-corrected chi connectivity index (χ1v) is 6.80. The lowest BCUT2D eigenvalue weighted by Gasteiger charge is -2.13. The first-order chi connectivity index (χ1) is 8.15. The van der Waals surface area contributed by atoms with Crippen molar-refractivity contribution < 1.29 is 9.21 Å². The van der Waals surface area contributed by atoms with Crippen molar-refractivity contribution in [2.24, 2.45) is 0 Å². The summed E-state index contributed by atoms with van der Waals surface area (Å²) in [5.41, 5.74) is 1.21. The molecule has 2 aromatic heterocycles. The fourth-order valence-electron chi connectivity index (χ4n) is 1.56. The van der Waals surface area contributed by atoms with Gasteiger partial charge in [0.25, 0.3) is 0 Å². The number of ketones is 1. The molecule has 0 fully saturated rings. The van der Waals surface area contributed by atoms with Crippen LogP contribution in [-0.4, -0.2) is 24.3 Å². The second kappa shape index (κ2) is 5.62. The quantitative estimate of drug-likeness (QED) is 0.793. The van der Waals surface area contributed by atoms with Crippen molar-refractivity contribution in [3.8, 4) is 0 Å². The number of furan rings is 1. The van der Waals surface area contributed by atoms with Gasteiger partial charge in [0.15, 0.2) is 5.76 Å². The van der Waals surface area contributed by atoms with Crippen molar-refractivity contribution in [3.05, 3.63) is 45.0 Å². The number of thiophene rings is 1. The summed E-state index contributed by atoms with van der Waals surface area (Å²) in [5.74, 6) is 0.426. The van der Waals surface area contributed by atoms with Gasteiger partial charge in [-0.15, -0.1) is 11.3 Å². The monoisotopic (exact) mass is 313 g/mol. The van der Waals surface area contributed by atoms with Crippen LogP contribution in [0.4, 0.5) is 0 Å². The van der Waals surface area contributed by atoms with E-state index in [4.69, 9.17) is 4.42 Å². The lowest BCUT2D eigenvalue weighted by molar-refractivity contribution is 0.0915. The SMILES string of the molecule is CN(CC(=O)c1ccco1)Cc1csc(Br)c1. The third kappa shape index (κ3) is 3.52. The number of nitrogens with zero attached hydrogens (tertiary/aromatic N) is 1. The van der Waals surface area contributed by atoms with Crippen molar-refractivity contribution in [2.45, 2.75) is 6.54 Å². The van der Waals surface area contributed by atoms with Crippen LogP contribution in [-0.2, 0) is 6.54 Å². The molecule has 2 heterocycles. The first-order valence-electron chi connectivity index (χ1n) is 5.13. The van der Waals surface area contributed by atoms with Gasteiger partial charge in [-0.05, 0) is 52.1 Å². The van der Waals surface area contributed by atoms with Crippen LogP contribution in [0.3, 0.4) is 0 Å². The van der Waals surface area contributed by atoms with E-state index in [-0.39, 0.29) is 5.78 Å². The summed E-state index contributed by atoms with van der Waals surface area (Å²) in [6, 6.07) is 5.49. The van der Waals surface area contributed by atoms with E-state index in [1.54, 1.807) is 23.5 Å². The molecular formula is C12H12BrNO2S. The van der Waals surface area contributed by atoms with Gasteiger partial charge in [0.1, 0.15) is 0 Å². The molecular weight excluding hydrogens is 302 g/mol. The van der Waals surface area contributed by atoms with E-state index in [0.29, 0.717) is 12.3 Å². The van der Waals surface area contributed by atoms with Gasteiger partial charge in [-0.1, -0.05) is 0 Å². The minimum Gasteiger partial charge on any atom is -0.461 e. The molecule has 0 aromatic carbocycles. The fraction of sp³-hybridized carbons (Fsp3) is 0.250. The van der Waals surface area contributed by atoms with Crippen molar-refractivity contribution >= 4 is 33.0 Å². The molecule has 0 radical (unpaired) electrons. The number of Topliss-reactive ketones (excluding diaryl/α,β-unsaturated/α-hetero) is 1. The molecule has 17 heavy (non-hydrogen) atoms. The zero-order chi connectivity index (χ0) is 12.3. The molecule has 5 heteroatoms. The Kier molecular flexibility index (Phi) is 4.15. The van der Waals surface area contributed by atoms with Gasteiger partial charge in [0.05, 0.1) is 16.6 Å². The molecule has 0 aliphatic heterocycles. The lowest BCUT2D eigenvalue weighted by Crippen LogP contribution is -2.25. The minimum absolute atomic E-state index is 0.00629. The molecule has 0 aliphatic carbocycles. The van der Waals surface area contributed by atoms with Crippen LogP contribution in [0.15, 0.2) is 38.0 Å². The third-order valence-electron chi connectivity index (χ3n) is 2.28. The van der Waals surface area contributed by atoms with Gasteiger partial charge < -0.3 is 4.42 Å². The number of carbonyl (C=O) groups excluding carboxylic acids is 1. The molecule has 3 nitrogen and oxygen atoms in total. The molecule has 90 valence electrons. The summed E-state index contributed by atoms with van der Waals surface area (Å²) in [4.78, 5) is 13.7. The summed E-state index contributed by atoms with van der Waals surface area (Å²) in [7, 11) is 1.92. The van der Waals surface area contributed by atoms with E-state index in [2.05, 4.69) is 27.4 Å². The summed E-state index contributed by atoms with van der Waals surface area (Å²) < 4.78 is 6.18. The zero-order valence-electron chi connectivity index (χ0n) is 9.35. The zero-order valence-corrected chi connectivity index (χ0v) is 11.8. The predicted octanol–water partition coefficient (Wildman–Crippen LogP) is 3.42. The van der Waals surface area contributed by atoms with Gasteiger partial charge in [-0.3, -0.25) is 9.69 Å². The van der Waals surface area contributed by atoms with E-state index < -0.39 is 0 Å². The molecule has 0 unspecified atom stereocenters. The predicted molar refractivity (Wildman–Crippen MR) is 71.4 cm³/mol. The Morgan fingerprint density at radius 1 is 1.59 bits per heavy atom. The number of likely N-dealkylation sites (N-methyl/N-ethyl adjacent to an activating group) is 1. The number of rotatable bonds is 5. The average molecular weight is 314 g/mol. The van der Waals surface area contributed by atoms with Crippen LogP contribution < -0.4 is 0 Å². The van der Waals surface area contributed by atoms with Gasteiger partial charge in [-0.25, -0.2) is 0 Å². The maximum atomic E-state index is 11.8. The average Bonchev–Trinajstić information content (AvgIpc) is 2.89. The van der Waals surface area contributed by atoms with Crippen molar-refractivity contribution in [1.29, 1.82) is 0 Å². The van der Waals surface area contributed by atoms with E-state index >= 15 is 0 Å². The summed E-state index contributed by atoms with van der Waals surface area (Å²) >= 11 is 5.07. The van der Waals surface area contributed by atoms with Crippen LogP contribution in [0.5, 0.6) is 0 Å². The maximum absolute atomic E-state index is 11.8. The smallest absolute Gasteiger partial charge is 0.211 e. The van der Waals surface area contributed by atoms with Crippen molar-refractivity contribution in [1.82, 2.24) is 4.90 Å². The Hall–Kier alpha value is -0.910. The highest BCUT2D eigenvalue weighted by atomic mass is 79.9. The van der Waals surface area contributed by atoms with E-state index in [1.807, 2.05) is 11.9 Å². The van der Waals surface area contributed by atoms with Crippen LogP contribution in [0.2, 0.25) is 0 Å². The molecule has 0 spiro atoms. The normalized spacial score (nSPS) is 11.0. The Morgan fingerprint density at radius 2 is 2.41 bits per heavy atom. The second-order valence-corrected chi connectivity index (χ2v) is 6.12. The van der Waals surface area contributed by atoms with Crippen molar-refractivity contribution in [3.63, 3.8) is 0 Å². The molecule has 0 atom stereocenters. The van der Waals surface area contributed by atoms with Gasteiger partial charge >= 0.3 is 0 Å². The Labute approximate surface area is 112 Å². The maximum Gasteiger partial charge on any atom is 0.211 e. The molecule has 2 rings (SSSR count). The van der Waals surface area contributed by atoms with Crippen LogP contribution in [0.1, 0.15) is 16.1 Å². The number of hydrogen-bond acceptors (Lipinski definition) is 4. The molecule has 2 aromatic rings. The largest absolute Gasteiger partial charge is 0.461 e. The summed E-state index contributed by atoms with van der Waals surface area (Å²) in [6.45, 7) is 1.12. The van der Waals surface area contributed by atoms with Crippen LogP contribution >= 0.6 is 27.3 Å². The fourth-order valence-corrected chi connectivity index (χ4v) is 2.76. The third-order valence-corrected chi connectivity index (χ3v) is 3.84. The highest BCUT2D eigenvalue weighted by Gasteiger charge is 2.12. The number of hydrogen-bond donors (Lipinski definition) is 0. The first kappa shape index (κ1) is 12.5. The van der Waals surface area contributed by atoms with Crippen LogP contribution in [0, 0.1) is 0 Å². The number of halogens is 1. The molecule has 0 aliphatic rings. The van der Waals surface area contributed by atoms with Gasteiger partial charge in [0.2, 0.25) is 5.78 Å². The molecule has 0 saturated carbocycles. The molecule has 0 bridgehead atoms. The molecule has 0 N–H and O–H groups in total. The second-order valence-electron chi connectivity index (χ2n) is 3.83. The standard InChI is InChI=1S/C12H12BrNO2S/c1-14(6-9-5-12(13)17-8-9)7-10(15)11-3-2-4-16-11/h2-5,8H,6-7H2,1H3. The Balaban J connectivity index is 1.89. The Morgan fingerprint density at radius 3 is 3.00 bits per heavy atom. The number of carbonyl (C=O) groups is 1. The highest BCUT2D eigenvalue weighted by Crippen LogP contribution is 2.21. The van der Waals surface area contributed by atoms with E-state index in [9.17, 15) is 4.79 Å². The van der Waals surface area contributed by atoms with E-state index in [0.717, 1.165) is 10.3 Å². The highest BCUT2D eigenvalue weighted by molar-refractivity contribution is 9.11. The van der Waals surface area contributed by atoms with Crippen LogP contribution in [0.25, 0.3) is 0 Å². The Bertz CT molecular complexity index is 492. The molecule has 0 amide bonds. The minimum atomic E-state index is 0.00629. The van der Waals surface area contributed by atoms with Gasteiger partial charge in [-0.2, -0.15) is 0 Å². The topological polar surface area (TPSA) is 33.5 Å². The molecule has 0 saturated heterocycles. The van der Waals surface area contributed by atoms with Crippen molar-refractivity contribution in [2.75, 3.05) is 13.6 Å². The summed E-state index contributed by atoms with van der Waals surface area (Å²) in [6.07, 6.45) is 1.52. The summed E-state index contributed by atoms with van der Waals surface area (Å²) in [5, 5.41) is 2.08. The van der Waals surface area contributed by atoms with Gasteiger partial charge in [0, 0.05) is 6.54 Å². The lowest BCUT2D eigenvalue weighted by atomic mass is 10.2.